The summed E-state index contributed by atoms with van der Waals surface area (Å²) in [5.74, 6) is 2.29. The Bertz CT molecular complexity index is 651. The average molecular weight is 523 g/mol. The van der Waals surface area contributed by atoms with Crippen LogP contribution in [-0.4, -0.2) is 85.1 Å². The van der Waals surface area contributed by atoms with E-state index in [1.807, 2.05) is 11.6 Å². The number of fused-ring (bicyclic) bond motifs is 1. The number of nitrogens with zero attached hydrogens (tertiary/aromatic N) is 5. The predicted molar refractivity (Wildman–Crippen MR) is 122 cm³/mol. The van der Waals surface area contributed by atoms with E-state index in [9.17, 15) is 4.79 Å². The first-order chi connectivity index (χ1) is 13.5. The number of nitrogens with one attached hydrogen (secondary N) is 2. The fourth-order valence-electron chi connectivity index (χ4n) is 2.83. The molecule has 1 aromatic rings. The number of hydrogen-bond donors (Lipinski definition) is 2. The lowest BCUT2D eigenvalue weighted by molar-refractivity contribution is -0.127. The first kappa shape index (κ1) is 25.6. The van der Waals surface area contributed by atoms with Crippen molar-refractivity contribution in [3.63, 3.8) is 0 Å². The molecule has 0 spiro atoms. The number of methoxy groups -OCH3 is 1. The van der Waals surface area contributed by atoms with E-state index in [-0.39, 0.29) is 42.5 Å². The minimum atomic E-state index is -0.0400. The molecule has 0 bridgehead atoms. The zero-order chi connectivity index (χ0) is 20.4. The smallest absolute Gasteiger partial charge is 0.243 e. The number of hydrogen-bond acceptors (Lipinski definition) is 6. The van der Waals surface area contributed by atoms with E-state index in [0.29, 0.717) is 38.1 Å². The highest BCUT2D eigenvalue weighted by molar-refractivity contribution is 14.0. The van der Waals surface area contributed by atoms with E-state index < -0.39 is 0 Å². The molecular formula is C18H34IN7O3. The summed E-state index contributed by atoms with van der Waals surface area (Å²) in [4.78, 5) is 22.4. The van der Waals surface area contributed by atoms with Crippen LogP contribution in [0.25, 0.3) is 0 Å². The van der Waals surface area contributed by atoms with Crippen LogP contribution in [0.1, 0.15) is 31.4 Å². The molecule has 1 aromatic heterocycles. The molecule has 0 aromatic carbocycles. The Morgan fingerprint density at radius 2 is 2.21 bits per heavy atom. The van der Waals surface area contributed by atoms with Crippen LogP contribution in [0.2, 0.25) is 0 Å². The standard InChI is InChI=1S/C18H33N7O3.HI/c1-5-28-10-6-9-19-18(20-11-17(26)24(2)3)21-14-7-8-16-22-15(13-27-4)23-25(16)12-14;/h14H,5-13H2,1-4H3,(H2,19,20,21);1H. The SMILES string of the molecule is CCOCCCNC(=NCC(=O)N(C)C)NC1CCc2nc(COC)nn2C1.I. The maximum atomic E-state index is 11.9. The van der Waals surface area contributed by atoms with Gasteiger partial charge in [-0.05, 0) is 19.8 Å². The molecule has 29 heavy (non-hydrogen) atoms. The molecule has 10 nitrogen and oxygen atoms in total. The van der Waals surface area contributed by atoms with Gasteiger partial charge in [-0.25, -0.2) is 14.7 Å². The maximum absolute atomic E-state index is 11.9. The van der Waals surface area contributed by atoms with Crippen molar-refractivity contribution in [2.24, 2.45) is 4.99 Å². The number of carbonyl (C=O) groups excluding carboxylic acids is 1. The third-order valence-corrected chi connectivity index (χ3v) is 4.35. The molecule has 0 saturated carbocycles. The lowest BCUT2D eigenvalue weighted by Crippen LogP contribution is -2.47. The summed E-state index contributed by atoms with van der Waals surface area (Å²) in [6.45, 7) is 5.33. The fraction of sp³-hybridized carbons (Fsp3) is 0.778. The highest BCUT2D eigenvalue weighted by Crippen LogP contribution is 2.13. The average Bonchev–Trinajstić information content (AvgIpc) is 3.07. The zero-order valence-electron chi connectivity index (χ0n) is 17.8. The number of likely N-dealkylation sites (N-methyl/N-ethyl adjacent to an activating group) is 1. The molecule has 0 radical (unpaired) electrons. The second-order valence-corrected chi connectivity index (χ2v) is 6.87. The topological polar surface area (TPSA) is 106 Å². The summed E-state index contributed by atoms with van der Waals surface area (Å²) in [5, 5.41) is 11.2. The van der Waals surface area contributed by atoms with Gasteiger partial charge in [0, 0.05) is 53.4 Å². The van der Waals surface area contributed by atoms with Crippen LogP contribution in [0.15, 0.2) is 4.99 Å². The van der Waals surface area contributed by atoms with E-state index in [0.717, 1.165) is 31.6 Å². The van der Waals surface area contributed by atoms with Crippen molar-refractivity contribution in [1.29, 1.82) is 0 Å². The molecule has 0 saturated heterocycles. The van der Waals surface area contributed by atoms with Gasteiger partial charge in [0.05, 0.1) is 6.54 Å². The molecule has 1 unspecified atom stereocenters. The third kappa shape index (κ3) is 8.83. The lowest BCUT2D eigenvalue weighted by Gasteiger charge is -2.25. The van der Waals surface area contributed by atoms with Gasteiger partial charge in [0.25, 0.3) is 0 Å². The van der Waals surface area contributed by atoms with Gasteiger partial charge in [0.1, 0.15) is 19.0 Å². The Hall–Kier alpha value is -1.47. The molecule has 0 aliphatic carbocycles. The normalized spacial score (nSPS) is 16.0. The number of halogens is 1. The summed E-state index contributed by atoms with van der Waals surface area (Å²) in [6.07, 6.45) is 2.63. The van der Waals surface area contributed by atoms with Gasteiger partial charge in [0.2, 0.25) is 5.91 Å². The number of aryl methyl sites for hydroxylation is 1. The first-order valence-electron chi connectivity index (χ1n) is 9.77. The van der Waals surface area contributed by atoms with Crippen LogP contribution < -0.4 is 10.6 Å². The molecule has 1 aliphatic heterocycles. The number of aromatic nitrogens is 3. The molecule has 2 heterocycles. The minimum Gasteiger partial charge on any atom is -0.382 e. The quantitative estimate of drug-likeness (QED) is 0.198. The molecule has 166 valence electrons. The molecule has 2 rings (SSSR count). The number of ether oxygens (including phenoxy) is 2. The molecule has 1 atom stereocenters. The minimum absolute atomic E-state index is 0. The summed E-state index contributed by atoms with van der Waals surface area (Å²) in [7, 11) is 5.09. The lowest BCUT2D eigenvalue weighted by atomic mass is 10.1. The van der Waals surface area contributed by atoms with Crippen LogP contribution in [0, 0.1) is 0 Å². The Morgan fingerprint density at radius 3 is 2.90 bits per heavy atom. The second kappa shape index (κ2) is 13.7. The van der Waals surface area contributed by atoms with Gasteiger partial charge in [0.15, 0.2) is 11.8 Å². The van der Waals surface area contributed by atoms with E-state index in [2.05, 4.69) is 25.7 Å². The number of rotatable bonds is 10. The molecular weight excluding hydrogens is 489 g/mol. The van der Waals surface area contributed by atoms with Crippen molar-refractivity contribution < 1.29 is 14.3 Å². The number of aliphatic imine (C=N–C) groups is 1. The van der Waals surface area contributed by atoms with Crippen LogP contribution >= 0.6 is 24.0 Å². The van der Waals surface area contributed by atoms with Crippen LogP contribution in [0.4, 0.5) is 0 Å². The van der Waals surface area contributed by atoms with Crippen molar-refractivity contribution in [2.45, 2.75) is 45.4 Å². The summed E-state index contributed by atoms with van der Waals surface area (Å²) < 4.78 is 12.4. The predicted octanol–water partition coefficient (Wildman–Crippen LogP) is 0.407. The Kier molecular flexibility index (Phi) is 12.1. The van der Waals surface area contributed by atoms with Crippen molar-refractivity contribution in [3.8, 4) is 0 Å². The monoisotopic (exact) mass is 523 g/mol. The Balaban J connectivity index is 0.00000420. The summed E-state index contributed by atoms with van der Waals surface area (Å²) >= 11 is 0. The van der Waals surface area contributed by atoms with Crippen molar-refractivity contribution in [1.82, 2.24) is 30.3 Å². The van der Waals surface area contributed by atoms with Gasteiger partial charge in [-0.1, -0.05) is 0 Å². The number of carbonyl (C=O) groups is 1. The fourth-order valence-corrected chi connectivity index (χ4v) is 2.83. The van der Waals surface area contributed by atoms with E-state index >= 15 is 0 Å². The molecule has 1 aliphatic rings. The van der Waals surface area contributed by atoms with Crippen LogP contribution in [0.5, 0.6) is 0 Å². The van der Waals surface area contributed by atoms with Gasteiger partial charge in [-0.3, -0.25) is 4.79 Å². The third-order valence-electron chi connectivity index (χ3n) is 4.35. The molecule has 11 heteroatoms. The largest absolute Gasteiger partial charge is 0.382 e. The maximum Gasteiger partial charge on any atom is 0.243 e. The van der Waals surface area contributed by atoms with Crippen molar-refractivity contribution in [2.75, 3.05) is 47.5 Å². The molecule has 1 amide bonds. The highest BCUT2D eigenvalue weighted by Gasteiger charge is 2.22. The number of amides is 1. The van der Waals surface area contributed by atoms with Gasteiger partial charge in [-0.15, -0.1) is 24.0 Å². The second-order valence-electron chi connectivity index (χ2n) is 6.87. The Morgan fingerprint density at radius 1 is 1.41 bits per heavy atom. The van der Waals surface area contributed by atoms with Crippen LogP contribution in [-0.2, 0) is 33.8 Å². The molecule has 2 N–H and O–H groups in total. The highest BCUT2D eigenvalue weighted by atomic mass is 127. The van der Waals surface area contributed by atoms with E-state index in [1.54, 1.807) is 21.2 Å². The van der Waals surface area contributed by atoms with Gasteiger partial charge >= 0.3 is 0 Å². The van der Waals surface area contributed by atoms with Gasteiger partial charge < -0.3 is 25.0 Å². The van der Waals surface area contributed by atoms with Gasteiger partial charge in [-0.2, -0.15) is 5.10 Å². The first-order valence-corrected chi connectivity index (χ1v) is 9.77. The zero-order valence-corrected chi connectivity index (χ0v) is 20.1. The number of guanidine groups is 1. The van der Waals surface area contributed by atoms with Crippen molar-refractivity contribution in [3.05, 3.63) is 11.6 Å². The van der Waals surface area contributed by atoms with E-state index in [1.165, 1.54) is 4.90 Å². The van der Waals surface area contributed by atoms with Crippen LogP contribution in [0.3, 0.4) is 0 Å². The summed E-state index contributed by atoms with van der Waals surface area (Å²) in [6, 6.07) is 0.164. The molecule has 0 fully saturated rings. The van der Waals surface area contributed by atoms with E-state index in [4.69, 9.17) is 9.47 Å². The summed E-state index contributed by atoms with van der Waals surface area (Å²) in [5.41, 5.74) is 0. The van der Waals surface area contributed by atoms with Crippen molar-refractivity contribution >= 4 is 35.8 Å². The Labute approximate surface area is 189 Å².